The second-order valence-electron chi connectivity index (χ2n) is 0.673. The molecule has 0 aromatic carbocycles. The standard InChI is InChI=1S/CH5O4P.BH3/c1-5-6(2,3)4;/h1H3,(H2,2,3,4);1H3. The number of rotatable bonds is 1. The summed E-state index contributed by atoms with van der Waals surface area (Å²) in [4.78, 5) is 15.4. The largest absolute Gasteiger partial charge is 0.469 e. The van der Waals surface area contributed by atoms with E-state index in [4.69, 9.17) is 9.79 Å². The van der Waals surface area contributed by atoms with Crippen LogP contribution in [0.3, 0.4) is 0 Å². The monoisotopic (exact) mass is 126 g/mol. The molecule has 0 radical (unpaired) electrons. The molecule has 0 amide bonds. The van der Waals surface area contributed by atoms with Crippen LogP contribution in [-0.2, 0) is 9.09 Å². The quantitative estimate of drug-likeness (QED) is 0.332. The highest BCUT2D eigenvalue weighted by Crippen LogP contribution is 2.33. The van der Waals surface area contributed by atoms with E-state index in [-0.39, 0.29) is 8.41 Å². The Kier molecular flexibility index (Phi) is 4.69. The Labute approximate surface area is 43.3 Å². The summed E-state index contributed by atoms with van der Waals surface area (Å²) >= 11 is 0. The zero-order chi connectivity index (χ0) is 5.21. The summed E-state index contributed by atoms with van der Waals surface area (Å²) in [7, 11) is -3.20. The first kappa shape index (κ1) is 10.2. The molecule has 4 nitrogen and oxygen atoms in total. The van der Waals surface area contributed by atoms with Crippen molar-refractivity contribution in [2.45, 2.75) is 0 Å². The summed E-state index contributed by atoms with van der Waals surface area (Å²) in [6, 6.07) is 0. The van der Waals surface area contributed by atoms with E-state index in [1.54, 1.807) is 0 Å². The average molecular weight is 126 g/mol. The van der Waals surface area contributed by atoms with Crippen molar-refractivity contribution in [2.75, 3.05) is 7.11 Å². The predicted octanol–water partition coefficient (Wildman–Crippen LogP) is -1.46. The maximum Gasteiger partial charge on any atom is 0.469 e. The van der Waals surface area contributed by atoms with Gasteiger partial charge in [0.25, 0.3) is 0 Å². The Balaban J connectivity index is 0. The molecule has 0 fully saturated rings. The van der Waals surface area contributed by atoms with Crippen molar-refractivity contribution in [3.8, 4) is 0 Å². The molecule has 7 heavy (non-hydrogen) atoms. The fourth-order valence-corrected chi connectivity index (χ4v) is 0. The molecular formula is CH8BO4P. The molecule has 0 aliphatic heterocycles. The predicted molar refractivity (Wildman–Crippen MR) is 29.0 cm³/mol. The van der Waals surface area contributed by atoms with Crippen LogP contribution in [0.15, 0.2) is 0 Å². The van der Waals surface area contributed by atoms with Gasteiger partial charge in [0.2, 0.25) is 0 Å². The van der Waals surface area contributed by atoms with Crippen molar-refractivity contribution in [3.63, 3.8) is 0 Å². The minimum absolute atomic E-state index is 0. The third-order valence-electron chi connectivity index (χ3n) is 0.238. The maximum atomic E-state index is 9.47. The van der Waals surface area contributed by atoms with Gasteiger partial charge in [-0.2, -0.15) is 0 Å². The number of phosphoric acid groups is 1. The van der Waals surface area contributed by atoms with Crippen molar-refractivity contribution in [1.82, 2.24) is 0 Å². The van der Waals surface area contributed by atoms with Gasteiger partial charge >= 0.3 is 7.82 Å². The van der Waals surface area contributed by atoms with Gasteiger partial charge < -0.3 is 9.79 Å². The topological polar surface area (TPSA) is 66.8 Å². The number of hydrogen-bond donors (Lipinski definition) is 2. The lowest BCUT2D eigenvalue weighted by atomic mass is 10.8. The van der Waals surface area contributed by atoms with Crippen LogP contribution < -0.4 is 0 Å². The van der Waals surface area contributed by atoms with Gasteiger partial charge in [-0.1, -0.05) is 0 Å². The van der Waals surface area contributed by atoms with Gasteiger partial charge in [-0.15, -0.1) is 0 Å². The van der Waals surface area contributed by atoms with E-state index < -0.39 is 7.82 Å². The van der Waals surface area contributed by atoms with Gasteiger partial charge in [0.15, 0.2) is 0 Å². The van der Waals surface area contributed by atoms with Crippen LogP contribution in [0.5, 0.6) is 0 Å². The molecule has 0 unspecified atom stereocenters. The minimum atomic E-state index is -4.15. The van der Waals surface area contributed by atoms with Crippen LogP contribution in [0.25, 0.3) is 0 Å². The number of hydrogen-bond acceptors (Lipinski definition) is 2. The summed E-state index contributed by atoms with van der Waals surface area (Å²) in [5.41, 5.74) is 0. The SMILES string of the molecule is B.COP(=O)(O)O. The van der Waals surface area contributed by atoms with Gasteiger partial charge in [-0.3, -0.25) is 4.52 Å². The molecule has 0 aliphatic rings. The summed E-state index contributed by atoms with van der Waals surface area (Å²) in [6.07, 6.45) is 0. The summed E-state index contributed by atoms with van der Waals surface area (Å²) in [5.74, 6) is 0. The first-order valence-electron chi connectivity index (χ1n) is 1.17. The molecule has 44 valence electrons. The second kappa shape index (κ2) is 3.21. The van der Waals surface area contributed by atoms with Gasteiger partial charge in [-0.25, -0.2) is 4.57 Å². The maximum absolute atomic E-state index is 9.47. The zero-order valence-corrected chi connectivity index (χ0v) is 4.05. The molecule has 0 rings (SSSR count). The van der Waals surface area contributed by atoms with Crippen molar-refractivity contribution >= 4 is 16.2 Å². The van der Waals surface area contributed by atoms with Crippen LogP contribution in [0.4, 0.5) is 0 Å². The summed E-state index contributed by atoms with van der Waals surface area (Å²) < 4.78 is 13.1. The average Bonchev–Trinajstić information content (AvgIpc) is 1.35. The highest BCUT2D eigenvalue weighted by molar-refractivity contribution is 7.46. The lowest BCUT2D eigenvalue weighted by Gasteiger charge is -1.93. The second-order valence-corrected chi connectivity index (χ2v) is 2.02. The normalized spacial score (nSPS) is 10.1. The third kappa shape index (κ3) is 10.7. The minimum Gasteiger partial charge on any atom is -0.303 e. The van der Waals surface area contributed by atoms with E-state index in [1.807, 2.05) is 0 Å². The summed E-state index contributed by atoms with van der Waals surface area (Å²) in [6.45, 7) is 0. The van der Waals surface area contributed by atoms with Crippen molar-refractivity contribution in [3.05, 3.63) is 0 Å². The molecule has 6 heteroatoms. The van der Waals surface area contributed by atoms with E-state index in [1.165, 1.54) is 0 Å². The Morgan fingerprint density at radius 3 is 1.71 bits per heavy atom. The fraction of sp³-hybridized carbons (Fsp3) is 1.00. The Morgan fingerprint density at radius 2 is 1.71 bits per heavy atom. The highest BCUT2D eigenvalue weighted by Gasteiger charge is 2.07. The van der Waals surface area contributed by atoms with Gasteiger partial charge in [0.1, 0.15) is 0 Å². The van der Waals surface area contributed by atoms with E-state index >= 15 is 0 Å². The first-order valence-corrected chi connectivity index (χ1v) is 2.70. The van der Waals surface area contributed by atoms with E-state index in [0.29, 0.717) is 0 Å². The molecule has 0 heterocycles. The van der Waals surface area contributed by atoms with Gasteiger partial charge in [0.05, 0.1) is 8.41 Å². The molecule has 0 bridgehead atoms. The third-order valence-corrected chi connectivity index (χ3v) is 0.714. The van der Waals surface area contributed by atoms with Crippen LogP contribution >= 0.6 is 7.82 Å². The zero-order valence-electron chi connectivity index (χ0n) is 3.16. The van der Waals surface area contributed by atoms with Gasteiger partial charge in [-0.05, 0) is 0 Å². The molecule has 0 saturated heterocycles. The van der Waals surface area contributed by atoms with Crippen molar-refractivity contribution < 1.29 is 18.9 Å². The molecule has 0 aliphatic carbocycles. The van der Waals surface area contributed by atoms with Crippen LogP contribution in [0, 0.1) is 0 Å². The molecular weight excluding hydrogens is 118 g/mol. The Bertz CT molecular complexity index is 75.8. The molecule has 0 aromatic rings. The highest BCUT2D eigenvalue weighted by atomic mass is 31.2. The van der Waals surface area contributed by atoms with E-state index in [9.17, 15) is 4.57 Å². The molecule has 0 atom stereocenters. The van der Waals surface area contributed by atoms with Gasteiger partial charge in [0, 0.05) is 7.11 Å². The van der Waals surface area contributed by atoms with E-state index in [2.05, 4.69) is 4.52 Å². The number of phosphoric ester groups is 1. The van der Waals surface area contributed by atoms with Crippen LogP contribution in [0.2, 0.25) is 0 Å². The lowest BCUT2D eigenvalue weighted by Crippen LogP contribution is -1.76. The lowest BCUT2D eigenvalue weighted by molar-refractivity contribution is 0.235. The van der Waals surface area contributed by atoms with Crippen LogP contribution in [0.1, 0.15) is 0 Å². The Morgan fingerprint density at radius 1 is 1.57 bits per heavy atom. The molecule has 0 spiro atoms. The fourth-order valence-electron chi connectivity index (χ4n) is 0. The summed E-state index contributed by atoms with van der Waals surface area (Å²) in [5, 5.41) is 0. The molecule has 0 aromatic heterocycles. The van der Waals surface area contributed by atoms with Crippen molar-refractivity contribution in [2.24, 2.45) is 0 Å². The molecule has 2 N–H and O–H groups in total. The van der Waals surface area contributed by atoms with Crippen molar-refractivity contribution in [1.29, 1.82) is 0 Å². The first-order chi connectivity index (χ1) is 2.56. The van der Waals surface area contributed by atoms with Crippen LogP contribution in [-0.4, -0.2) is 25.3 Å². The molecule has 0 saturated carbocycles. The van der Waals surface area contributed by atoms with E-state index in [0.717, 1.165) is 7.11 Å². The smallest absolute Gasteiger partial charge is 0.303 e. The Hall–Kier alpha value is 0.175.